The normalized spacial score (nSPS) is 9.90. The molecule has 0 radical (unpaired) electrons. The quantitative estimate of drug-likeness (QED) is 0.833. The molecular weight excluding hydrogens is 270 g/mol. The Balaban J connectivity index is 1.97. The molecule has 2 aromatic rings. The molecule has 0 saturated carbocycles. The Kier molecular flexibility index (Phi) is 4.42. The number of thiocarbonyl (C=S) groups is 1. The number of nitrogens with one attached hydrogen (secondary N) is 2. The lowest BCUT2D eigenvalue weighted by molar-refractivity contribution is 0.0978. The molecule has 1 aromatic carbocycles. The third-order valence-electron chi connectivity index (χ3n) is 2.70. The van der Waals surface area contributed by atoms with Crippen LogP contribution in [0.1, 0.15) is 21.5 Å². The molecule has 1 amide bonds. The molecule has 0 aliphatic rings. The van der Waals surface area contributed by atoms with Gasteiger partial charge in [-0.25, -0.2) is 4.98 Å². The molecular formula is C15H15N3OS. The van der Waals surface area contributed by atoms with Crippen LogP contribution in [0, 0.1) is 13.8 Å². The number of nitrogens with zero attached hydrogens (tertiary/aromatic N) is 1. The van der Waals surface area contributed by atoms with Crippen LogP contribution in [0.2, 0.25) is 0 Å². The van der Waals surface area contributed by atoms with Gasteiger partial charge in [0.15, 0.2) is 5.11 Å². The molecule has 0 bridgehead atoms. The van der Waals surface area contributed by atoms with Crippen molar-refractivity contribution in [3.05, 3.63) is 59.3 Å². The van der Waals surface area contributed by atoms with Crippen molar-refractivity contribution < 1.29 is 4.79 Å². The number of aryl methyl sites for hydroxylation is 2. The van der Waals surface area contributed by atoms with Gasteiger partial charge in [-0.2, -0.15) is 0 Å². The van der Waals surface area contributed by atoms with Crippen molar-refractivity contribution in [1.29, 1.82) is 0 Å². The summed E-state index contributed by atoms with van der Waals surface area (Å²) in [6.07, 6.45) is 1.68. The maximum atomic E-state index is 12.0. The summed E-state index contributed by atoms with van der Waals surface area (Å²) in [5.41, 5.74) is 2.73. The highest BCUT2D eigenvalue weighted by Gasteiger charge is 2.07. The maximum Gasteiger partial charge on any atom is 0.257 e. The van der Waals surface area contributed by atoms with Crippen molar-refractivity contribution in [2.75, 3.05) is 5.32 Å². The summed E-state index contributed by atoms with van der Waals surface area (Å²) in [5.74, 6) is 0.370. The Morgan fingerprint density at radius 3 is 2.45 bits per heavy atom. The number of carbonyl (C=O) groups excluding carboxylic acids is 1. The van der Waals surface area contributed by atoms with Gasteiger partial charge in [0.1, 0.15) is 5.82 Å². The average molecular weight is 285 g/mol. The molecule has 1 aromatic heterocycles. The summed E-state index contributed by atoms with van der Waals surface area (Å²) < 4.78 is 0. The minimum absolute atomic E-state index is 0.230. The fourth-order valence-electron chi connectivity index (χ4n) is 1.63. The van der Waals surface area contributed by atoms with E-state index in [0.717, 1.165) is 11.1 Å². The maximum absolute atomic E-state index is 12.0. The zero-order chi connectivity index (χ0) is 14.5. The van der Waals surface area contributed by atoms with Crippen molar-refractivity contribution in [2.45, 2.75) is 13.8 Å². The highest BCUT2D eigenvalue weighted by molar-refractivity contribution is 7.80. The first kappa shape index (κ1) is 14.1. The van der Waals surface area contributed by atoms with Gasteiger partial charge in [-0.15, -0.1) is 0 Å². The zero-order valence-electron chi connectivity index (χ0n) is 11.3. The summed E-state index contributed by atoms with van der Waals surface area (Å²) in [5, 5.41) is 5.74. The molecule has 102 valence electrons. The standard InChI is InChI=1S/C15H15N3OS/c1-10-3-5-12(6-4-10)14(19)18-15(20)17-13-9-11(2)7-8-16-13/h3-9H,1-2H3,(H2,16,17,18,19,20). The first-order valence-corrected chi connectivity index (χ1v) is 6.57. The third-order valence-corrected chi connectivity index (χ3v) is 2.90. The van der Waals surface area contributed by atoms with Crippen LogP contribution in [0.25, 0.3) is 0 Å². The number of anilines is 1. The number of aromatic nitrogens is 1. The SMILES string of the molecule is Cc1ccc(C(=O)NC(=S)Nc2cc(C)ccn2)cc1. The Labute approximate surface area is 123 Å². The Bertz CT molecular complexity index is 638. The summed E-state index contributed by atoms with van der Waals surface area (Å²) in [6, 6.07) is 11.0. The number of pyridine rings is 1. The lowest BCUT2D eigenvalue weighted by atomic mass is 10.1. The third kappa shape index (κ3) is 3.86. The van der Waals surface area contributed by atoms with Gasteiger partial charge in [-0.3, -0.25) is 10.1 Å². The van der Waals surface area contributed by atoms with Crippen LogP contribution in [0.4, 0.5) is 5.82 Å². The Morgan fingerprint density at radius 2 is 1.80 bits per heavy atom. The molecule has 2 N–H and O–H groups in total. The number of carbonyl (C=O) groups is 1. The van der Waals surface area contributed by atoms with Crippen molar-refractivity contribution in [3.63, 3.8) is 0 Å². The van der Waals surface area contributed by atoms with E-state index in [4.69, 9.17) is 12.2 Å². The fourth-order valence-corrected chi connectivity index (χ4v) is 1.83. The minimum atomic E-state index is -0.241. The van der Waals surface area contributed by atoms with Gasteiger partial charge in [0.25, 0.3) is 5.91 Å². The van der Waals surface area contributed by atoms with Crippen molar-refractivity contribution >= 4 is 29.1 Å². The predicted octanol–water partition coefficient (Wildman–Crippen LogP) is 2.83. The van der Waals surface area contributed by atoms with E-state index in [1.807, 2.05) is 38.1 Å². The second kappa shape index (κ2) is 6.25. The molecule has 5 heteroatoms. The van der Waals surface area contributed by atoms with Crippen LogP contribution >= 0.6 is 12.2 Å². The van der Waals surface area contributed by atoms with Crippen LogP contribution in [0.5, 0.6) is 0 Å². The smallest absolute Gasteiger partial charge is 0.257 e. The molecule has 0 atom stereocenters. The Hall–Kier alpha value is -2.27. The first-order chi connectivity index (χ1) is 9.54. The van der Waals surface area contributed by atoms with Crippen molar-refractivity contribution in [2.24, 2.45) is 0 Å². The molecule has 4 nitrogen and oxygen atoms in total. The lowest BCUT2D eigenvalue weighted by Crippen LogP contribution is -2.34. The number of rotatable bonds is 2. The summed E-state index contributed by atoms with van der Waals surface area (Å²) in [6.45, 7) is 3.93. The van der Waals surface area contributed by atoms with Gasteiger partial charge < -0.3 is 5.32 Å². The lowest BCUT2D eigenvalue weighted by Gasteiger charge is -2.09. The predicted molar refractivity (Wildman–Crippen MR) is 83.8 cm³/mol. The summed E-state index contributed by atoms with van der Waals surface area (Å²) >= 11 is 5.10. The molecule has 0 unspecified atom stereocenters. The molecule has 0 fully saturated rings. The monoisotopic (exact) mass is 285 g/mol. The van der Waals surface area contributed by atoms with Crippen LogP contribution in [-0.2, 0) is 0 Å². The summed E-state index contributed by atoms with van der Waals surface area (Å²) in [4.78, 5) is 16.1. The van der Waals surface area contributed by atoms with Gasteiger partial charge >= 0.3 is 0 Å². The van der Waals surface area contributed by atoms with Gasteiger partial charge in [0, 0.05) is 11.8 Å². The second-order valence-corrected chi connectivity index (χ2v) is 4.90. The van der Waals surface area contributed by atoms with E-state index in [-0.39, 0.29) is 11.0 Å². The second-order valence-electron chi connectivity index (χ2n) is 4.49. The fraction of sp³-hybridized carbons (Fsp3) is 0.133. The Morgan fingerprint density at radius 1 is 1.10 bits per heavy atom. The highest BCUT2D eigenvalue weighted by Crippen LogP contribution is 2.06. The number of hydrogen-bond donors (Lipinski definition) is 2. The van der Waals surface area contributed by atoms with E-state index in [0.29, 0.717) is 11.4 Å². The van der Waals surface area contributed by atoms with Gasteiger partial charge in [-0.1, -0.05) is 17.7 Å². The number of hydrogen-bond acceptors (Lipinski definition) is 3. The van der Waals surface area contributed by atoms with Gasteiger partial charge in [-0.05, 0) is 55.9 Å². The summed E-state index contributed by atoms with van der Waals surface area (Å²) in [7, 11) is 0. The molecule has 1 heterocycles. The van der Waals surface area contributed by atoms with Crippen LogP contribution in [0.3, 0.4) is 0 Å². The van der Waals surface area contributed by atoms with E-state index in [9.17, 15) is 4.79 Å². The van der Waals surface area contributed by atoms with Crippen LogP contribution < -0.4 is 10.6 Å². The van der Waals surface area contributed by atoms with Gasteiger partial charge in [0.2, 0.25) is 0 Å². The number of amides is 1. The van der Waals surface area contributed by atoms with Crippen LogP contribution in [-0.4, -0.2) is 16.0 Å². The van der Waals surface area contributed by atoms with Crippen molar-refractivity contribution in [1.82, 2.24) is 10.3 Å². The van der Waals surface area contributed by atoms with Gasteiger partial charge in [0.05, 0.1) is 0 Å². The zero-order valence-corrected chi connectivity index (χ0v) is 12.1. The van der Waals surface area contributed by atoms with E-state index in [1.165, 1.54) is 0 Å². The van der Waals surface area contributed by atoms with E-state index in [1.54, 1.807) is 18.3 Å². The molecule has 0 saturated heterocycles. The molecule has 2 rings (SSSR count). The van der Waals surface area contributed by atoms with E-state index in [2.05, 4.69) is 15.6 Å². The molecule has 0 aliphatic heterocycles. The minimum Gasteiger partial charge on any atom is -0.317 e. The average Bonchev–Trinajstić information content (AvgIpc) is 2.39. The van der Waals surface area contributed by atoms with E-state index < -0.39 is 0 Å². The topological polar surface area (TPSA) is 54.0 Å². The number of benzene rings is 1. The molecule has 0 spiro atoms. The van der Waals surface area contributed by atoms with Crippen molar-refractivity contribution in [3.8, 4) is 0 Å². The first-order valence-electron chi connectivity index (χ1n) is 6.16. The molecule has 20 heavy (non-hydrogen) atoms. The van der Waals surface area contributed by atoms with Crippen LogP contribution in [0.15, 0.2) is 42.6 Å². The molecule has 0 aliphatic carbocycles. The highest BCUT2D eigenvalue weighted by atomic mass is 32.1. The van der Waals surface area contributed by atoms with E-state index >= 15 is 0 Å². The largest absolute Gasteiger partial charge is 0.317 e.